The number of nitrogens with zero attached hydrogens (tertiary/aromatic N) is 2. The van der Waals surface area contributed by atoms with E-state index in [1.54, 1.807) is 0 Å². The van der Waals surface area contributed by atoms with Gasteiger partial charge in [0, 0.05) is 6.54 Å². The second-order valence-corrected chi connectivity index (χ2v) is 3.70. The van der Waals surface area contributed by atoms with Crippen LogP contribution in [-0.4, -0.2) is 29.0 Å². The highest BCUT2D eigenvalue weighted by molar-refractivity contribution is 6.31. The van der Waals surface area contributed by atoms with E-state index in [-0.39, 0.29) is 17.6 Å². The van der Waals surface area contributed by atoms with Gasteiger partial charge in [-0.1, -0.05) is 11.6 Å². The van der Waals surface area contributed by atoms with Crippen LogP contribution in [0.2, 0.25) is 5.15 Å². The monoisotopic (exact) mass is 242 g/mol. The molecular formula is C10H15ClN4O. The predicted molar refractivity (Wildman–Crippen MR) is 63.7 cm³/mol. The van der Waals surface area contributed by atoms with E-state index in [4.69, 9.17) is 11.6 Å². The number of halogens is 1. The van der Waals surface area contributed by atoms with E-state index in [9.17, 15) is 4.79 Å². The zero-order chi connectivity index (χ0) is 12.1. The smallest absolute Gasteiger partial charge is 0.239 e. The molecule has 0 radical (unpaired) electrons. The summed E-state index contributed by atoms with van der Waals surface area (Å²) in [6, 6.07) is 0. The van der Waals surface area contributed by atoms with Gasteiger partial charge in [0.2, 0.25) is 5.91 Å². The first-order chi connectivity index (χ1) is 7.54. The van der Waals surface area contributed by atoms with Gasteiger partial charge in [-0.15, -0.1) is 0 Å². The molecule has 5 nitrogen and oxygen atoms in total. The van der Waals surface area contributed by atoms with Gasteiger partial charge in [0.25, 0.3) is 0 Å². The van der Waals surface area contributed by atoms with Gasteiger partial charge in [-0.25, -0.2) is 9.97 Å². The standard InChI is InChI=1S/C10H15ClN4O/c1-4-12-8(16)5-13-10-9(11)14-6(2)7(3)15-10/h4-5H2,1-3H3,(H,12,16)(H,13,15). The average molecular weight is 243 g/mol. The summed E-state index contributed by atoms with van der Waals surface area (Å²) in [7, 11) is 0. The first-order valence-electron chi connectivity index (χ1n) is 5.06. The number of aryl methyl sites for hydroxylation is 2. The van der Waals surface area contributed by atoms with Crippen LogP contribution in [-0.2, 0) is 4.79 Å². The number of carbonyl (C=O) groups is 1. The minimum atomic E-state index is -0.0985. The zero-order valence-electron chi connectivity index (χ0n) is 9.59. The van der Waals surface area contributed by atoms with E-state index in [1.165, 1.54) is 0 Å². The lowest BCUT2D eigenvalue weighted by Crippen LogP contribution is -2.29. The first-order valence-corrected chi connectivity index (χ1v) is 5.43. The second-order valence-electron chi connectivity index (χ2n) is 3.34. The third-order valence-electron chi connectivity index (χ3n) is 2.05. The van der Waals surface area contributed by atoms with E-state index < -0.39 is 0 Å². The van der Waals surface area contributed by atoms with Gasteiger partial charge in [-0.3, -0.25) is 4.79 Å². The van der Waals surface area contributed by atoms with Crippen molar-refractivity contribution in [2.45, 2.75) is 20.8 Å². The second kappa shape index (κ2) is 5.65. The number of anilines is 1. The molecule has 1 heterocycles. The van der Waals surface area contributed by atoms with Crippen molar-refractivity contribution in [1.82, 2.24) is 15.3 Å². The zero-order valence-corrected chi connectivity index (χ0v) is 10.4. The van der Waals surface area contributed by atoms with Crippen molar-refractivity contribution in [1.29, 1.82) is 0 Å². The van der Waals surface area contributed by atoms with E-state index in [0.717, 1.165) is 11.4 Å². The number of nitrogens with one attached hydrogen (secondary N) is 2. The molecule has 16 heavy (non-hydrogen) atoms. The molecular weight excluding hydrogens is 228 g/mol. The Balaban J connectivity index is 2.67. The molecule has 0 aliphatic heterocycles. The van der Waals surface area contributed by atoms with Crippen LogP contribution < -0.4 is 10.6 Å². The van der Waals surface area contributed by atoms with Crippen molar-refractivity contribution >= 4 is 23.3 Å². The fourth-order valence-electron chi connectivity index (χ4n) is 1.11. The van der Waals surface area contributed by atoms with Crippen LogP contribution in [0.15, 0.2) is 0 Å². The van der Waals surface area contributed by atoms with Gasteiger partial charge in [-0.05, 0) is 20.8 Å². The lowest BCUT2D eigenvalue weighted by molar-refractivity contribution is -0.119. The Labute approximate surface area is 99.6 Å². The quantitative estimate of drug-likeness (QED) is 0.835. The highest BCUT2D eigenvalue weighted by Crippen LogP contribution is 2.17. The van der Waals surface area contributed by atoms with E-state index >= 15 is 0 Å². The van der Waals surface area contributed by atoms with Crippen LogP contribution in [0.3, 0.4) is 0 Å². The van der Waals surface area contributed by atoms with Crippen LogP contribution in [0, 0.1) is 13.8 Å². The predicted octanol–water partition coefficient (Wildman–Crippen LogP) is 1.29. The Morgan fingerprint density at radius 2 is 1.94 bits per heavy atom. The van der Waals surface area contributed by atoms with Crippen LogP contribution in [0.5, 0.6) is 0 Å². The largest absolute Gasteiger partial charge is 0.358 e. The van der Waals surface area contributed by atoms with Gasteiger partial charge < -0.3 is 10.6 Å². The SMILES string of the molecule is CCNC(=O)CNc1nc(C)c(C)nc1Cl. The van der Waals surface area contributed by atoms with Crippen LogP contribution in [0.1, 0.15) is 18.3 Å². The summed E-state index contributed by atoms with van der Waals surface area (Å²) in [4.78, 5) is 19.5. The first kappa shape index (κ1) is 12.7. The van der Waals surface area contributed by atoms with Crippen LogP contribution in [0.4, 0.5) is 5.82 Å². The highest BCUT2D eigenvalue weighted by atomic mass is 35.5. The molecule has 0 atom stereocenters. The molecule has 0 fully saturated rings. The summed E-state index contributed by atoms with van der Waals surface area (Å²) in [6.07, 6.45) is 0. The van der Waals surface area contributed by atoms with Crippen molar-refractivity contribution in [2.24, 2.45) is 0 Å². The molecule has 0 unspecified atom stereocenters. The summed E-state index contributed by atoms with van der Waals surface area (Å²) in [6.45, 7) is 6.29. The molecule has 0 aliphatic carbocycles. The number of carbonyl (C=O) groups excluding carboxylic acids is 1. The number of likely N-dealkylation sites (N-methyl/N-ethyl adjacent to an activating group) is 1. The molecule has 1 amide bonds. The minimum absolute atomic E-state index is 0.0985. The molecule has 0 saturated carbocycles. The lowest BCUT2D eigenvalue weighted by atomic mass is 10.3. The fourth-order valence-corrected chi connectivity index (χ4v) is 1.35. The molecule has 1 aromatic rings. The normalized spacial score (nSPS) is 10.0. The van der Waals surface area contributed by atoms with Crippen molar-refractivity contribution in [2.75, 3.05) is 18.4 Å². The van der Waals surface area contributed by atoms with Gasteiger partial charge in [-0.2, -0.15) is 0 Å². The van der Waals surface area contributed by atoms with Crippen molar-refractivity contribution in [3.05, 3.63) is 16.5 Å². The number of aromatic nitrogens is 2. The van der Waals surface area contributed by atoms with Crippen molar-refractivity contribution < 1.29 is 4.79 Å². The van der Waals surface area contributed by atoms with E-state index in [0.29, 0.717) is 12.4 Å². The average Bonchev–Trinajstić information content (AvgIpc) is 2.22. The van der Waals surface area contributed by atoms with Crippen molar-refractivity contribution in [3.63, 3.8) is 0 Å². The Kier molecular flexibility index (Phi) is 4.49. The van der Waals surface area contributed by atoms with Crippen molar-refractivity contribution in [3.8, 4) is 0 Å². The Morgan fingerprint density at radius 1 is 1.31 bits per heavy atom. The summed E-state index contributed by atoms with van der Waals surface area (Å²) in [5.41, 5.74) is 1.58. The molecule has 0 bridgehead atoms. The summed E-state index contributed by atoms with van der Waals surface area (Å²) in [5, 5.41) is 5.80. The Hall–Kier alpha value is -1.36. The molecule has 1 rings (SSSR count). The number of rotatable bonds is 4. The maximum atomic E-state index is 11.2. The lowest BCUT2D eigenvalue weighted by Gasteiger charge is -2.08. The van der Waals surface area contributed by atoms with Crippen LogP contribution >= 0.6 is 11.6 Å². The molecule has 0 spiro atoms. The maximum absolute atomic E-state index is 11.2. The van der Waals surface area contributed by atoms with Gasteiger partial charge >= 0.3 is 0 Å². The molecule has 2 N–H and O–H groups in total. The Morgan fingerprint density at radius 3 is 2.56 bits per heavy atom. The third kappa shape index (κ3) is 3.34. The molecule has 1 aromatic heterocycles. The van der Waals surface area contributed by atoms with Gasteiger partial charge in [0.05, 0.1) is 17.9 Å². The van der Waals surface area contributed by atoms with E-state index in [1.807, 2.05) is 20.8 Å². The highest BCUT2D eigenvalue weighted by Gasteiger charge is 2.07. The summed E-state index contributed by atoms with van der Waals surface area (Å²) >= 11 is 5.89. The Bertz CT molecular complexity index is 395. The molecule has 0 aliphatic rings. The molecule has 0 aromatic carbocycles. The van der Waals surface area contributed by atoms with Gasteiger partial charge in [0.1, 0.15) is 0 Å². The van der Waals surface area contributed by atoms with Gasteiger partial charge in [0.15, 0.2) is 11.0 Å². The fraction of sp³-hybridized carbons (Fsp3) is 0.500. The topological polar surface area (TPSA) is 66.9 Å². The third-order valence-corrected chi connectivity index (χ3v) is 2.32. The minimum Gasteiger partial charge on any atom is -0.358 e. The molecule has 88 valence electrons. The number of hydrogen-bond acceptors (Lipinski definition) is 4. The molecule has 6 heteroatoms. The summed E-state index contributed by atoms with van der Waals surface area (Å²) in [5.74, 6) is 0.342. The molecule has 0 saturated heterocycles. The van der Waals surface area contributed by atoms with Crippen LogP contribution in [0.25, 0.3) is 0 Å². The van der Waals surface area contributed by atoms with E-state index in [2.05, 4.69) is 20.6 Å². The number of amides is 1. The number of hydrogen-bond donors (Lipinski definition) is 2. The maximum Gasteiger partial charge on any atom is 0.239 e. The summed E-state index contributed by atoms with van der Waals surface area (Å²) < 4.78 is 0.